The first-order valence-electron chi connectivity index (χ1n) is 10.2. The smallest absolute Gasteiger partial charge is 0.253 e. The Kier molecular flexibility index (Phi) is 8.58. The molecule has 1 heterocycles. The Labute approximate surface area is 164 Å². The van der Waals surface area contributed by atoms with Crippen LogP contribution in [-0.2, 0) is 6.54 Å². The van der Waals surface area contributed by atoms with Crippen LogP contribution in [0.1, 0.15) is 49.5 Å². The van der Waals surface area contributed by atoms with Crippen molar-refractivity contribution < 1.29 is 4.79 Å². The monoisotopic (exact) mass is 373 g/mol. The van der Waals surface area contributed by atoms with Crippen molar-refractivity contribution in [3.8, 4) is 0 Å². The maximum Gasteiger partial charge on any atom is 0.253 e. The Morgan fingerprint density at radius 3 is 2.48 bits per heavy atom. The summed E-state index contributed by atoms with van der Waals surface area (Å²) in [6.45, 7) is 11.6. The number of amides is 1. The van der Waals surface area contributed by atoms with Gasteiger partial charge in [0.05, 0.1) is 0 Å². The fourth-order valence-corrected chi connectivity index (χ4v) is 3.62. The Hall–Kier alpha value is -2.08. The van der Waals surface area contributed by atoms with Gasteiger partial charge in [0.1, 0.15) is 0 Å². The van der Waals surface area contributed by atoms with Gasteiger partial charge in [-0.05, 0) is 57.5 Å². The van der Waals surface area contributed by atoms with Crippen LogP contribution in [0.25, 0.3) is 0 Å². The molecule has 150 valence electrons. The molecule has 0 bridgehead atoms. The number of carbonyl (C=O) groups excluding carboxylic acids is 1. The fraction of sp³-hybridized carbons (Fsp3) is 0.619. The molecule has 6 heteroatoms. The standard InChI is InChI=1S/C21H35N5O/c1-5-25(6-2)20(27)18-12-10-17(11-13-18)15-23-21(22-4)24-16-19-9-8-14-26(19)7-3/h10-13,19H,5-9,14-16H2,1-4H3,(H2,22,23,24). The Morgan fingerprint density at radius 1 is 1.19 bits per heavy atom. The van der Waals surface area contributed by atoms with Crippen molar-refractivity contribution in [2.45, 2.75) is 46.2 Å². The second-order valence-corrected chi connectivity index (χ2v) is 6.91. The average molecular weight is 374 g/mol. The summed E-state index contributed by atoms with van der Waals surface area (Å²) < 4.78 is 0. The van der Waals surface area contributed by atoms with Crippen molar-refractivity contribution in [2.75, 3.05) is 39.8 Å². The van der Waals surface area contributed by atoms with Gasteiger partial charge in [-0.25, -0.2) is 0 Å². The van der Waals surface area contributed by atoms with E-state index < -0.39 is 0 Å². The Bertz CT molecular complexity index is 610. The summed E-state index contributed by atoms with van der Waals surface area (Å²) in [7, 11) is 1.80. The van der Waals surface area contributed by atoms with Crippen molar-refractivity contribution in [1.29, 1.82) is 0 Å². The molecule has 6 nitrogen and oxygen atoms in total. The highest BCUT2D eigenvalue weighted by Crippen LogP contribution is 2.15. The van der Waals surface area contributed by atoms with Gasteiger partial charge in [-0.15, -0.1) is 0 Å². The predicted molar refractivity (Wildman–Crippen MR) is 112 cm³/mol. The van der Waals surface area contributed by atoms with Crippen molar-refractivity contribution >= 4 is 11.9 Å². The maximum absolute atomic E-state index is 12.4. The largest absolute Gasteiger partial charge is 0.355 e. The van der Waals surface area contributed by atoms with Gasteiger partial charge in [-0.3, -0.25) is 14.7 Å². The molecule has 0 aliphatic carbocycles. The summed E-state index contributed by atoms with van der Waals surface area (Å²) in [6.07, 6.45) is 2.53. The number of hydrogen-bond acceptors (Lipinski definition) is 3. The molecule has 0 spiro atoms. The summed E-state index contributed by atoms with van der Waals surface area (Å²) in [5.41, 5.74) is 1.87. The lowest BCUT2D eigenvalue weighted by Gasteiger charge is -2.24. The van der Waals surface area contributed by atoms with Gasteiger partial charge in [0.25, 0.3) is 5.91 Å². The minimum atomic E-state index is 0.0917. The first-order chi connectivity index (χ1) is 13.1. The van der Waals surface area contributed by atoms with Crippen molar-refractivity contribution in [3.05, 3.63) is 35.4 Å². The molecule has 2 N–H and O–H groups in total. The van der Waals surface area contributed by atoms with E-state index in [0.29, 0.717) is 12.6 Å². The van der Waals surface area contributed by atoms with Crippen molar-refractivity contribution in [2.24, 2.45) is 4.99 Å². The molecule has 1 aliphatic rings. The SMILES string of the molecule is CCN(CC)C(=O)c1ccc(CNC(=NC)NCC2CCCN2CC)cc1. The van der Waals surface area contributed by atoms with Crippen molar-refractivity contribution in [3.63, 3.8) is 0 Å². The molecule has 1 aromatic carbocycles. The molecule has 1 saturated heterocycles. The number of nitrogens with zero attached hydrogens (tertiary/aromatic N) is 3. The van der Waals surface area contributed by atoms with Crippen LogP contribution in [0.2, 0.25) is 0 Å². The quantitative estimate of drug-likeness (QED) is 0.542. The molecule has 1 amide bonds. The molecule has 0 aromatic heterocycles. The lowest BCUT2D eigenvalue weighted by molar-refractivity contribution is 0.0773. The summed E-state index contributed by atoms with van der Waals surface area (Å²) in [4.78, 5) is 21.0. The maximum atomic E-state index is 12.4. The summed E-state index contributed by atoms with van der Waals surface area (Å²) in [5, 5.41) is 6.80. The van der Waals surface area contributed by atoms with E-state index in [4.69, 9.17) is 0 Å². The third kappa shape index (κ3) is 5.96. The van der Waals surface area contributed by atoms with Gasteiger partial charge in [-0.1, -0.05) is 19.1 Å². The minimum Gasteiger partial charge on any atom is -0.355 e. The summed E-state index contributed by atoms with van der Waals surface area (Å²) >= 11 is 0. The molecule has 1 atom stereocenters. The zero-order chi connectivity index (χ0) is 19.6. The molecular weight excluding hydrogens is 338 g/mol. The highest BCUT2D eigenvalue weighted by Gasteiger charge is 2.22. The van der Waals surface area contributed by atoms with Crippen LogP contribution in [0.4, 0.5) is 0 Å². The van der Waals surface area contributed by atoms with Gasteiger partial charge in [0.15, 0.2) is 5.96 Å². The van der Waals surface area contributed by atoms with Gasteiger partial charge < -0.3 is 15.5 Å². The normalized spacial score (nSPS) is 17.8. The number of aliphatic imine (C=N–C) groups is 1. The highest BCUT2D eigenvalue weighted by molar-refractivity contribution is 5.94. The number of benzene rings is 1. The number of likely N-dealkylation sites (tertiary alicyclic amines) is 1. The number of likely N-dealkylation sites (N-methyl/N-ethyl adjacent to an activating group) is 1. The molecule has 1 aliphatic heterocycles. The second-order valence-electron chi connectivity index (χ2n) is 6.91. The highest BCUT2D eigenvalue weighted by atomic mass is 16.2. The third-order valence-corrected chi connectivity index (χ3v) is 5.35. The predicted octanol–water partition coefficient (Wildman–Crippen LogP) is 2.32. The zero-order valence-corrected chi connectivity index (χ0v) is 17.3. The second kappa shape index (κ2) is 10.9. The Morgan fingerprint density at radius 2 is 1.89 bits per heavy atom. The lowest BCUT2D eigenvalue weighted by Crippen LogP contribution is -2.44. The summed E-state index contributed by atoms with van der Waals surface area (Å²) in [5.74, 6) is 0.912. The van der Waals surface area contributed by atoms with Crippen LogP contribution >= 0.6 is 0 Å². The van der Waals surface area contributed by atoms with Crippen LogP contribution in [0, 0.1) is 0 Å². The van der Waals surface area contributed by atoms with E-state index in [2.05, 4.69) is 27.4 Å². The zero-order valence-electron chi connectivity index (χ0n) is 17.3. The topological polar surface area (TPSA) is 60.0 Å². The molecule has 0 radical (unpaired) electrons. The average Bonchev–Trinajstić information content (AvgIpc) is 3.17. The van der Waals surface area contributed by atoms with Crippen molar-refractivity contribution in [1.82, 2.24) is 20.4 Å². The molecule has 27 heavy (non-hydrogen) atoms. The first kappa shape index (κ1) is 21.2. The van der Waals surface area contributed by atoms with Crippen LogP contribution in [0.3, 0.4) is 0 Å². The lowest BCUT2D eigenvalue weighted by atomic mass is 10.1. The van der Waals surface area contributed by atoms with Gasteiger partial charge >= 0.3 is 0 Å². The van der Waals surface area contributed by atoms with Gasteiger partial charge in [0, 0.05) is 44.8 Å². The number of hydrogen-bond donors (Lipinski definition) is 2. The van der Waals surface area contributed by atoms with Crippen LogP contribution in [0.15, 0.2) is 29.3 Å². The van der Waals surface area contributed by atoms with Crippen LogP contribution in [0.5, 0.6) is 0 Å². The van der Waals surface area contributed by atoms with Crippen LogP contribution < -0.4 is 10.6 Å². The molecule has 1 aromatic rings. The van der Waals surface area contributed by atoms with E-state index >= 15 is 0 Å². The van der Waals surface area contributed by atoms with E-state index in [0.717, 1.165) is 43.3 Å². The number of carbonyl (C=O) groups is 1. The van der Waals surface area contributed by atoms with Crippen LogP contribution in [-0.4, -0.2) is 67.5 Å². The molecule has 2 rings (SSSR count). The Balaban J connectivity index is 1.83. The van der Waals surface area contributed by atoms with E-state index in [1.165, 1.54) is 19.4 Å². The summed E-state index contributed by atoms with van der Waals surface area (Å²) in [6, 6.07) is 8.43. The van der Waals surface area contributed by atoms with E-state index in [9.17, 15) is 4.79 Å². The van der Waals surface area contributed by atoms with E-state index in [-0.39, 0.29) is 5.91 Å². The van der Waals surface area contributed by atoms with Gasteiger partial charge in [-0.2, -0.15) is 0 Å². The third-order valence-electron chi connectivity index (χ3n) is 5.35. The first-order valence-corrected chi connectivity index (χ1v) is 10.2. The number of guanidine groups is 1. The fourth-order valence-electron chi connectivity index (χ4n) is 3.62. The minimum absolute atomic E-state index is 0.0917. The molecule has 0 saturated carbocycles. The van der Waals surface area contributed by atoms with E-state index in [1.54, 1.807) is 7.05 Å². The van der Waals surface area contributed by atoms with Gasteiger partial charge in [0.2, 0.25) is 0 Å². The number of rotatable bonds is 8. The molecule has 1 unspecified atom stereocenters. The number of nitrogens with one attached hydrogen (secondary N) is 2. The molecular formula is C21H35N5O. The molecule has 1 fully saturated rings. The van der Waals surface area contributed by atoms with E-state index in [1.807, 2.05) is 43.0 Å².